The summed E-state index contributed by atoms with van der Waals surface area (Å²) in [7, 11) is 0. The number of rotatable bonds is 7. The van der Waals surface area contributed by atoms with E-state index in [-0.39, 0.29) is 35.8 Å². The van der Waals surface area contributed by atoms with Crippen LogP contribution >= 0.6 is 0 Å². The molecule has 9 heteroatoms. The van der Waals surface area contributed by atoms with Gasteiger partial charge in [-0.3, -0.25) is 14.3 Å². The minimum Gasteiger partial charge on any atom is -0.490 e. The number of nitrogens with zero attached hydrogens (tertiary/aromatic N) is 3. The zero-order valence-electron chi connectivity index (χ0n) is 17.8. The van der Waals surface area contributed by atoms with Crippen molar-refractivity contribution in [3.63, 3.8) is 0 Å². The molecule has 0 saturated carbocycles. The van der Waals surface area contributed by atoms with Crippen LogP contribution in [0.15, 0.2) is 53.4 Å². The van der Waals surface area contributed by atoms with Gasteiger partial charge in [0.1, 0.15) is 12.3 Å². The molecular formula is C23H25FN4O4. The molecule has 1 N–H and O–H groups in total. The molecule has 1 aromatic carbocycles. The van der Waals surface area contributed by atoms with Crippen molar-refractivity contribution >= 4 is 17.5 Å². The van der Waals surface area contributed by atoms with E-state index in [4.69, 9.17) is 9.15 Å². The molecule has 3 aromatic rings. The number of hydrogen-bond acceptors (Lipinski definition) is 5. The van der Waals surface area contributed by atoms with Gasteiger partial charge in [-0.2, -0.15) is 5.10 Å². The van der Waals surface area contributed by atoms with Gasteiger partial charge < -0.3 is 19.4 Å². The van der Waals surface area contributed by atoms with Crippen molar-refractivity contribution in [2.24, 2.45) is 5.92 Å². The second-order valence-corrected chi connectivity index (χ2v) is 7.86. The van der Waals surface area contributed by atoms with Gasteiger partial charge in [0.05, 0.1) is 30.3 Å². The van der Waals surface area contributed by atoms with E-state index in [0.29, 0.717) is 36.7 Å². The minimum absolute atomic E-state index is 0.0627. The number of hydrogen-bond donors (Lipinski definition) is 1. The number of aromatic nitrogens is 2. The maximum Gasteiger partial charge on any atom is 0.259 e. The second-order valence-electron chi connectivity index (χ2n) is 7.86. The summed E-state index contributed by atoms with van der Waals surface area (Å²) in [4.78, 5) is 26.8. The first-order valence-corrected chi connectivity index (χ1v) is 10.5. The Labute approximate surface area is 185 Å². The lowest BCUT2D eigenvalue weighted by atomic mass is 9.99. The Balaban J connectivity index is 1.28. The SMILES string of the molecule is Cc1occc1C(=O)Nc1cnn(CC(=O)N2CCCC(COc3ccccc3F)C2)c1. The Morgan fingerprint density at radius 3 is 2.94 bits per heavy atom. The lowest BCUT2D eigenvalue weighted by Crippen LogP contribution is -2.43. The van der Waals surface area contributed by atoms with E-state index in [0.717, 1.165) is 12.8 Å². The molecule has 4 rings (SSSR count). The van der Waals surface area contributed by atoms with Crippen LogP contribution in [0.3, 0.4) is 0 Å². The summed E-state index contributed by atoms with van der Waals surface area (Å²) in [5.74, 6) is 0.151. The third kappa shape index (κ3) is 5.16. The normalized spacial score (nSPS) is 16.1. The molecule has 1 aliphatic heterocycles. The predicted molar refractivity (Wildman–Crippen MR) is 115 cm³/mol. The molecule has 168 valence electrons. The monoisotopic (exact) mass is 440 g/mol. The minimum atomic E-state index is -0.388. The quantitative estimate of drug-likeness (QED) is 0.608. The Morgan fingerprint density at radius 2 is 2.16 bits per heavy atom. The number of ether oxygens (including phenoxy) is 1. The number of carbonyl (C=O) groups excluding carboxylic acids is 2. The zero-order valence-corrected chi connectivity index (χ0v) is 17.8. The molecule has 2 amide bonds. The molecular weight excluding hydrogens is 415 g/mol. The summed E-state index contributed by atoms with van der Waals surface area (Å²) >= 11 is 0. The number of piperidine rings is 1. The van der Waals surface area contributed by atoms with E-state index in [9.17, 15) is 14.0 Å². The molecule has 8 nitrogen and oxygen atoms in total. The van der Waals surface area contributed by atoms with Crippen molar-refractivity contribution in [2.75, 3.05) is 25.0 Å². The maximum atomic E-state index is 13.7. The average Bonchev–Trinajstić information content (AvgIpc) is 3.42. The van der Waals surface area contributed by atoms with Gasteiger partial charge in [0, 0.05) is 25.2 Å². The molecule has 1 atom stereocenters. The van der Waals surface area contributed by atoms with Gasteiger partial charge in [-0.1, -0.05) is 12.1 Å². The molecule has 0 aliphatic carbocycles. The number of aryl methyl sites for hydroxylation is 1. The standard InChI is InChI=1S/C23H25FN4O4/c1-16-19(8-10-31-16)23(30)26-18-11-25-28(13-18)14-22(29)27-9-4-5-17(12-27)15-32-21-7-3-2-6-20(21)24/h2-3,6-8,10-11,13,17H,4-5,9,12,14-15H2,1H3,(H,26,30). The van der Waals surface area contributed by atoms with Crippen molar-refractivity contribution in [2.45, 2.75) is 26.3 Å². The maximum absolute atomic E-state index is 13.7. The molecule has 0 bridgehead atoms. The number of halogens is 1. The van der Waals surface area contributed by atoms with Crippen molar-refractivity contribution in [1.29, 1.82) is 0 Å². The highest BCUT2D eigenvalue weighted by molar-refractivity contribution is 6.04. The van der Waals surface area contributed by atoms with Crippen LogP contribution in [0.1, 0.15) is 29.0 Å². The van der Waals surface area contributed by atoms with Crippen LogP contribution in [0.25, 0.3) is 0 Å². The van der Waals surface area contributed by atoms with Crippen LogP contribution in [0.5, 0.6) is 5.75 Å². The van der Waals surface area contributed by atoms with Gasteiger partial charge in [0.2, 0.25) is 5.91 Å². The largest absolute Gasteiger partial charge is 0.490 e. The van der Waals surface area contributed by atoms with E-state index < -0.39 is 0 Å². The fourth-order valence-electron chi connectivity index (χ4n) is 3.77. The van der Waals surface area contributed by atoms with Gasteiger partial charge in [0.15, 0.2) is 11.6 Å². The van der Waals surface area contributed by atoms with E-state index in [1.165, 1.54) is 23.2 Å². The van der Waals surface area contributed by atoms with Gasteiger partial charge in [-0.15, -0.1) is 0 Å². The lowest BCUT2D eigenvalue weighted by molar-refractivity contribution is -0.134. The summed E-state index contributed by atoms with van der Waals surface area (Å²) in [6, 6.07) is 7.91. The number of anilines is 1. The summed E-state index contributed by atoms with van der Waals surface area (Å²) < 4.78 is 26.0. The van der Waals surface area contributed by atoms with Crippen LogP contribution in [-0.4, -0.2) is 46.2 Å². The first-order chi connectivity index (χ1) is 15.5. The highest BCUT2D eigenvalue weighted by Gasteiger charge is 2.25. The summed E-state index contributed by atoms with van der Waals surface area (Å²) in [5.41, 5.74) is 0.948. The van der Waals surface area contributed by atoms with Gasteiger partial charge >= 0.3 is 0 Å². The molecule has 0 spiro atoms. The van der Waals surface area contributed by atoms with E-state index in [1.54, 1.807) is 42.3 Å². The topological polar surface area (TPSA) is 89.6 Å². The molecule has 32 heavy (non-hydrogen) atoms. The molecule has 1 saturated heterocycles. The third-order valence-electron chi connectivity index (χ3n) is 5.47. The van der Waals surface area contributed by atoms with Crippen molar-refractivity contribution in [3.05, 3.63) is 66.1 Å². The first kappa shape index (κ1) is 21.6. The van der Waals surface area contributed by atoms with E-state index in [2.05, 4.69) is 10.4 Å². The first-order valence-electron chi connectivity index (χ1n) is 10.5. The van der Waals surface area contributed by atoms with Gasteiger partial charge in [0.25, 0.3) is 5.91 Å². The predicted octanol–water partition coefficient (Wildman–Crippen LogP) is 3.49. The highest BCUT2D eigenvalue weighted by atomic mass is 19.1. The lowest BCUT2D eigenvalue weighted by Gasteiger charge is -2.32. The molecule has 1 fully saturated rings. The second kappa shape index (κ2) is 9.67. The summed E-state index contributed by atoms with van der Waals surface area (Å²) in [6.07, 6.45) is 6.36. The van der Waals surface area contributed by atoms with Crippen molar-refractivity contribution in [1.82, 2.24) is 14.7 Å². The highest BCUT2D eigenvalue weighted by Crippen LogP contribution is 2.21. The molecule has 1 aliphatic rings. The molecule has 2 aromatic heterocycles. The van der Waals surface area contributed by atoms with Crippen molar-refractivity contribution in [3.8, 4) is 5.75 Å². The van der Waals surface area contributed by atoms with Crippen LogP contribution in [0, 0.1) is 18.7 Å². The van der Waals surface area contributed by atoms with E-state index >= 15 is 0 Å². The number of amides is 2. The number of para-hydroxylation sites is 1. The zero-order chi connectivity index (χ0) is 22.5. The number of furan rings is 1. The van der Waals surface area contributed by atoms with Crippen LogP contribution in [-0.2, 0) is 11.3 Å². The van der Waals surface area contributed by atoms with E-state index in [1.807, 2.05) is 0 Å². The fraction of sp³-hybridized carbons (Fsp3) is 0.348. The number of benzene rings is 1. The Hall–Kier alpha value is -3.62. The average molecular weight is 440 g/mol. The van der Waals surface area contributed by atoms with Crippen LogP contribution in [0.2, 0.25) is 0 Å². The van der Waals surface area contributed by atoms with Crippen LogP contribution < -0.4 is 10.1 Å². The summed E-state index contributed by atoms with van der Waals surface area (Å²) in [5, 5.41) is 6.93. The third-order valence-corrected chi connectivity index (χ3v) is 5.47. The Kier molecular flexibility index (Phi) is 6.53. The fourth-order valence-corrected chi connectivity index (χ4v) is 3.77. The Bertz CT molecular complexity index is 1090. The van der Waals surface area contributed by atoms with Crippen LogP contribution in [0.4, 0.5) is 10.1 Å². The number of nitrogens with one attached hydrogen (secondary N) is 1. The van der Waals surface area contributed by atoms with Crippen molar-refractivity contribution < 1.29 is 23.1 Å². The summed E-state index contributed by atoms with van der Waals surface area (Å²) in [6.45, 7) is 3.36. The number of carbonyl (C=O) groups is 2. The molecule has 3 heterocycles. The molecule has 0 radical (unpaired) electrons. The smallest absolute Gasteiger partial charge is 0.259 e. The van der Waals surface area contributed by atoms with Gasteiger partial charge in [-0.25, -0.2) is 4.39 Å². The number of likely N-dealkylation sites (tertiary alicyclic amines) is 1. The van der Waals surface area contributed by atoms with Gasteiger partial charge in [-0.05, 0) is 38.0 Å². The Morgan fingerprint density at radius 1 is 1.31 bits per heavy atom. The molecule has 1 unspecified atom stereocenters.